The molecule has 0 bridgehead atoms. The zero-order valence-electron chi connectivity index (χ0n) is 25.2. The Kier molecular flexibility index (Phi) is 11.3. The van der Waals surface area contributed by atoms with Crippen LogP contribution in [0.15, 0.2) is 79.4 Å². The molecule has 1 saturated carbocycles. The highest BCUT2D eigenvalue weighted by molar-refractivity contribution is 8.13. The van der Waals surface area contributed by atoms with Gasteiger partial charge in [0.1, 0.15) is 28.6 Å². The summed E-state index contributed by atoms with van der Waals surface area (Å²) < 4.78 is 20.0. The van der Waals surface area contributed by atoms with E-state index in [0.29, 0.717) is 44.7 Å². The quantitative estimate of drug-likeness (QED) is 0.290. The SMILES string of the molecule is CC.O=C(NC1=CC(NC2=CC(c3cc(Cl)ccc3F)NN=C2SCc2cccc(=O)o2)N=CN1)C1CC(N2CCNCC2)C1. The van der Waals surface area contributed by atoms with E-state index in [2.05, 4.69) is 41.7 Å². The largest absolute Gasteiger partial charge is 0.427 e. The summed E-state index contributed by atoms with van der Waals surface area (Å²) in [7, 11) is 0. The number of carbonyl (C=O) groups excluding carboxylic acids is 1. The lowest BCUT2D eigenvalue weighted by Gasteiger charge is -2.44. The third kappa shape index (κ3) is 8.54. The van der Waals surface area contributed by atoms with Crippen molar-refractivity contribution in [3.63, 3.8) is 0 Å². The molecule has 2 atom stereocenters. The van der Waals surface area contributed by atoms with Gasteiger partial charge in [0.2, 0.25) is 5.91 Å². The molecule has 2 unspecified atom stereocenters. The molecule has 3 aliphatic heterocycles. The molecule has 4 heterocycles. The van der Waals surface area contributed by atoms with Gasteiger partial charge in [-0.25, -0.2) is 14.2 Å². The van der Waals surface area contributed by atoms with Gasteiger partial charge in [-0.15, -0.1) is 0 Å². The Morgan fingerprint density at radius 3 is 2.76 bits per heavy atom. The predicted molar refractivity (Wildman–Crippen MR) is 176 cm³/mol. The molecule has 5 N–H and O–H groups in total. The van der Waals surface area contributed by atoms with Crippen molar-refractivity contribution < 1.29 is 13.6 Å². The number of nitrogens with one attached hydrogen (secondary N) is 5. The van der Waals surface area contributed by atoms with E-state index in [1.54, 1.807) is 30.4 Å². The Bertz CT molecular complexity index is 1530. The second-order valence-electron chi connectivity index (χ2n) is 10.7. The fraction of sp³-hybridized carbons (Fsp3) is 0.419. The van der Waals surface area contributed by atoms with E-state index in [4.69, 9.17) is 16.0 Å². The maximum atomic E-state index is 14.7. The van der Waals surface area contributed by atoms with Gasteiger partial charge in [0, 0.05) is 60.9 Å². The van der Waals surface area contributed by atoms with Gasteiger partial charge >= 0.3 is 5.63 Å². The molecule has 0 radical (unpaired) electrons. The van der Waals surface area contributed by atoms with Crippen LogP contribution >= 0.6 is 23.4 Å². The molecule has 1 aliphatic carbocycles. The number of aliphatic imine (C=N–C) groups is 1. The third-order valence-electron chi connectivity index (χ3n) is 7.75. The van der Waals surface area contributed by atoms with E-state index in [-0.39, 0.29) is 11.8 Å². The topological polar surface area (TPSA) is 135 Å². The molecule has 2 aromatic rings. The van der Waals surface area contributed by atoms with E-state index >= 15 is 0 Å². The normalized spacial score (nSPS) is 24.3. The third-order valence-corrected chi connectivity index (χ3v) is 9.00. The molecule has 6 rings (SSSR count). The minimum absolute atomic E-state index is 0.0149. The van der Waals surface area contributed by atoms with Gasteiger partial charge in [-0.2, -0.15) is 5.10 Å². The number of hydrogen-bond acceptors (Lipinski definition) is 11. The van der Waals surface area contributed by atoms with E-state index in [1.165, 1.54) is 36.3 Å². The van der Waals surface area contributed by atoms with Crippen LogP contribution in [0.3, 0.4) is 0 Å². The van der Waals surface area contributed by atoms with Gasteiger partial charge < -0.3 is 25.7 Å². The number of hydrazone groups is 1. The second-order valence-corrected chi connectivity index (χ2v) is 12.1. The molecule has 1 aromatic heterocycles. The van der Waals surface area contributed by atoms with Crippen molar-refractivity contribution in [2.24, 2.45) is 16.0 Å². The highest BCUT2D eigenvalue weighted by atomic mass is 35.5. The van der Waals surface area contributed by atoms with E-state index < -0.39 is 23.7 Å². The van der Waals surface area contributed by atoms with Crippen LogP contribution < -0.4 is 32.3 Å². The number of piperazine rings is 1. The van der Waals surface area contributed by atoms with Crippen LogP contribution in [0, 0.1) is 11.7 Å². The molecule has 240 valence electrons. The summed E-state index contributed by atoms with van der Waals surface area (Å²) in [6.07, 6.45) is 6.28. The van der Waals surface area contributed by atoms with Crippen molar-refractivity contribution in [2.45, 2.75) is 50.7 Å². The Morgan fingerprint density at radius 2 is 1.98 bits per heavy atom. The molecule has 1 aromatic carbocycles. The highest BCUT2D eigenvalue weighted by Gasteiger charge is 2.38. The molecule has 1 amide bonds. The average molecular weight is 657 g/mol. The fourth-order valence-electron chi connectivity index (χ4n) is 5.38. The van der Waals surface area contributed by atoms with Crippen LogP contribution in [0.1, 0.15) is 44.1 Å². The molecule has 2 fully saturated rings. The minimum Gasteiger partial charge on any atom is -0.427 e. The van der Waals surface area contributed by atoms with Gasteiger partial charge in [-0.3, -0.25) is 15.1 Å². The summed E-state index contributed by atoms with van der Waals surface area (Å²) in [4.78, 5) is 31.5. The zero-order valence-corrected chi connectivity index (χ0v) is 26.8. The summed E-state index contributed by atoms with van der Waals surface area (Å²) in [5.41, 5.74) is 3.48. The number of benzene rings is 1. The van der Waals surface area contributed by atoms with E-state index in [0.717, 1.165) is 39.0 Å². The lowest BCUT2D eigenvalue weighted by atomic mass is 9.78. The van der Waals surface area contributed by atoms with E-state index in [9.17, 15) is 14.0 Å². The smallest absolute Gasteiger partial charge is 0.335 e. The molecule has 1 saturated heterocycles. The first-order valence-electron chi connectivity index (χ1n) is 15.2. The Balaban J connectivity index is 0.00000196. The number of carbonyl (C=O) groups is 1. The Labute approximate surface area is 270 Å². The molecular formula is C31H38ClFN8O3S. The summed E-state index contributed by atoms with van der Waals surface area (Å²) in [6, 6.07) is 8.92. The molecule has 11 nitrogen and oxygen atoms in total. The zero-order chi connectivity index (χ0) is 31.8. The molecule has 0 spiro atoms. The first-order chi connectivity index (χ1) is 21.9. The number of amides is 1. The second kappa shape index (κ2) is 15.6. The van der Waals surface area contributed by atoms with Crippen LogP contribution in [0.5, 0.6) is 0 Å². The Hall–Kier alpha value is -3.65. The lowest BCUT2D eigenvalue weighted by Crippen LogP contribution is -2.55. The fourth-order valence-corrected chi connectivity index (χ4v) is 6.39. The summed E-state index contributed by atoms with van der Waals surface area (Å²) in [5, 5.41) is 18.2. The van der Waals surface area contributed by atoms with Crippen molar-refractivity contribution >= 4 is 40.7 Å². The standard InChI is InChI=1S/C29H32ClFN8O3S.C2H6/c30-18-4-5-22(31)21(12-18)23-13-24(29(38-37-23)43-15-20-2-1-3-27(40)42-20)35-25-14-26(34-16-33-25)36-28(41)17-10-19(11-17)39-8-6-32-7-9-39;1-2/h1-5,12-14,16-17,19,23,25,32,35,37H,6-11,15H2,(H,33,34)(H,36,41);1-2H3. The monoisotopic (exact) mass is 656 g/mol. The molecule has 14 heteroatoms. The van der Waals surface area contributed by atoms with Gasteiger partial charge in [-0.05, 0) is 43.2 Å². The molecule has 45 heavy (non-hydrogen) atoms. The first-order valence-corrected chi connectivity index (χ1v) is 16.5. The number of thioether (sulfide) groups is 1. The van der Waals surface area contributed by atoms with Crippen molar-refractivity contribution in [3.05, 3.63) is 92.7 Å². The molecular weight excluding hydrogens is 619 g/mol. The van der Waals surface area contributed by atoms with Crippen LogP contribution in [0.4, 0.5) is 4.39 Å². The van der Waals surface area contributed by atoms with Crippen LogP contribution in [-0.2, 0) is 10.5 Å². The van der Waals surface area contributed by atoms with Crippen molar-refractivity contribution in [1.82, 2.24) is 31.6 Å². The van der Waals surface area contributed by atoms with Gasteiger partial charge in [0.25, 0.3) is 0 Å². The summed E-state index contributed by atoms with van der Waals surface area (Å²) in [5.74, 6) is 0.902. The lowest BCUT2D eigenvalue weighted by molar-refractivity contribution is -0.129. The number of nitrogens with zero attached hydrogens (tertiary/aromatic N) is 3. The van der Waals surface area contributed by atoms with Crippen LogP contribution in [-0.4, -0.2) is 60.6 Å². The van der Waals surface area contributed by atoms with Crippen molar-refractivity contribution in [3.8, 4) is 0 Å². The maximum Gasteiger partial charge on any atom is 0.335 e. The molecule has 4 aliphatic rings. The number of halogens is 2. The first kappa shape index (κ1) is 32.7. The van der Waals surface area contributed by atoms with Crippen LogP contribution in [0.25, 0.3) is 0 Å². The predicted octanol–water partition coefficient (Wildman–Crippen LogP) is 3.42. The summed E-state index contributed by atoms with van der Waals surface area (Å²) in [6.45, 7) is 8.03. The Morgan fingerprint density at radius 1 is 1.18 bits per heavy atom. The van der Waals surface area contributed by atoms with Crippen molar-refractivity contribution in [2.75, 3.05) is 26.2 Å². The number of hydrogen-bond donors (Lipinski definition) is 5. The van der Waals surface area contributed by atoms with Gasteiger partial charge in [0.15, 0.2) is 0 Å². The van der Waals surface area contributed by atoms with Crippen molar-refractivity contribution in [1.29, 1.82) is 0 Å². The van der Waals surface area contributed by atoms with Gasteiger partial charge in [0.05, 0.1) is 23.8 Å². The maximum absolute atomic E-state index is 14.7. The number of rotatable bonds is 8. The minimum atomic E-state index is -0.601. The van der Waals surface area contributed by atoms with Gasteiger partial charge in [-0.1, -0.05) is 43.3 Å². The van der Waals surface area contributed by atoms with Crippen LogP contribution in [0.2, 0.25) is 5.02 Å². The average Bonchev–Trinajstić information content (AvgIpc) is 3.02. The highest BCUT2D eigenvalue weighted by Crippen LogP contribution is 2.32. The summed E-state index contributed by atoms with van der Waals surface area (Å²) >= 11 is 7.49. The van der Waals surface area contributed by atoms with E-state index in [1.807, 2.05) is 13.8 Å².